The number of hydrogen-bond donors (Lipinski definition) is 0. The molecule has 3 nitrogen and oxygen atoms in total. The van der Waals surface area contributed by atoms with Gasteiger partial charge in [-0.2, -0.15) is 0 Å². The summed E-state index contributed by atoms with van der Waals surface area (Å²) in [5.41, 5.74) is 2.24. The van der Waals surface area contributed by atoms with Crippen LogP contribution >= 0.6 is 0 Å². The fourth-order valence-electron chi connectivity index (χ4n) is 2.87. The first-order valence-electron chi connectivity index (χ1n) is 7.16. The summed E-state index contributed by atoms with van der Waals surface area (Å²) < 4.78 is 42.6. The fraction of sp³-hybridized carbons (Fsp3) is 0.375. The van der Waals surface area contributed by atoms with Gasteiger partial charge < -0.3 is 9.30 Å². The molecule has 0 amide bonds. The zero-order chi connectivity index (χ0) is 15.7. The van der Waals surface area contributed by atoms with E-state index >= 15 is 0 Å². The molecular weight excluding hydrogens is 293 g/mol. The number of fused-ring (bicyclic) bond motifs is 1. The number of aromatic nitrogens is 1. The molecule has 118 valence electrons. The molecule has 0 saturated carbocycles. The average Bonchev–Trinajstić information content (AvgIpc) is 2.92. The summed E-state index contributed by atoms with van der Waals surface area (Å²) in [7, 11) is 0. The van der Waals surface area contributed by atoms with E-state index in [1.807, 2.05) is 6.07 Å². The molecule has 1 atom stereocenters. The van der Waals surface area contributed by atoms with Crippen LogP contribution in [-0.4, -0.2) is 22.4 Å². The van der Waals surface area contributed by atoms with Crippen LogP contribution in [0.25, 0.3) is 0 Å². The number of halogens is 3. The highest BCUT2D eigenvalue weighted by Gasteiger charge is 2.31. The molecule has 0 saturated heterocycles. The van der Waals surface area contributed by atoms with E-state index in [0.29, 0.717) is 6.54 Å². The number of benzene rings is 1. The first kappa shape index (κ1) is 15.0. The van der Waals surface area contributed by atoms with E-state index in [0.717, 1.165) is 18.7 Å². The molecule has 0 fully saturated rings. The predicted octanol–water partition coefficient (Wildman–Crippen LogP) is 3.96. The van der Waals surface area contributed by atoms with Crippen molar-refractivity contribution in [3.05, 3.63) is 53.9 Å². The van der Waals surface area contributed by atoms with Crippen LogP contribution in [0.1, 0.15) is 24.2 Å². The lowest BCUT2D eigenvalue weighted by atomic mass is 10.1. The van der Waals surface area contributed by atoms with E-state index in [4.69, 9.17) is 0 Å². The fourth-order valence-corrected chi connectivity index (χ4v) is 2.87. The highest BCUT2D eigenvalue weighted by Crippen LogP contribution is 2.28. The number of rotatable bonds is 3. The van der Waals surface area contributed by atoms with E-state index < -0.39 is 6.36 Å². The van der Waals surface area contributed by atoms with Gasteiger partial charge in [-0.25, -0.2) is 0 Å². The smallest absolute Gasteiger partial charge is 0.406 e. The molecule has 22 heavy (non-hydrogen) atoms. The van der Waals surface area contributed by atoms with E-state index in [9.17, 15) is 13.2 Å². The lowest BCUT2D eigenvalue weighted by Gasteiger charge is -2.34. The Kier molecular flexibility index (Phi) is 3.87. The standard InChI is InChI=1S/C16H17F3N2O/c1-12-15-3-2-8-20(15)9-10-21(12)11-13-4-6-14(7-5-13)22-16(17,18)19/h2-8,12H,9-11H2,1H3. The van der Waals surface area contributed by atoms with E-state index in [1.165, 1.54) is 17.8 Å². The van der Waals surface area contributed by atoms with Gasteiger partial charge in [0.2, 0.25) is 0 Å². The number of ether oxygens (including phenoxy) is 1. The van der Waals surface area contributed by atoms with Gasteiger partial charge in [0.1, 0.15) is 5.75 Å². The summed E-state index contributed by atoms with van der Waals surface area (Å²) in [6.45, 7) is 4.70. The summed E-state index contributed by atoms with van der Waals surface area (Å²) in [5, 5.41) is 0. The summed E-state index contributed by atoms with van der Waals surface area (Å²) in [6.07, 6.45) is -2.57. The zero-order valence-electron chi connectivity index (χ0n) is 12.2. The van der Waals surface area contributed by atoms with Crippen LogP contribution in [0.2, 0.25) is 0 Å². The van der Waals surface area contributed by atoms with Crippen molar-refractivity contribution in [1.29, 1.82) is 0 Å². The van der Waals surface area contributed by atoms with Gasteiger partial charge in [0.05, 0.1) is 0 Å². The molecule has 0 radical (unpaired) electrons. The molecule has 1 aromatic heterocycles. The van der Waals surface area contributed by atoms with Crippen molar-refractivity contribution in [3.63, 3.8) is 0 Å². The van der Waals surface area contributed by atoms with Gasteiger partial charge in [-0.05, 0) is 36.8 Å². The van der Waals surface area contributed by atoms with Crippen LogP contribution in [0, 0.1) is 0 Å². The molecule has 2 heterocycles. The van der Waals surface area contributed by atoms with Gasteiger partial charge in [0, 0.05) is 37.6 Å². The van der Waals surface area contributed by atoms with Gasteiger partial charge >= 0.3 is 6.36 Å². The summed E-state index contributed by atoms with van der Waals surface area (Å²) in [5.74, 6) is -0.184. The second-order valence-electron chi connectivity index (χ2n) is 5.46. The van der Waals surface area contributed by atoms with Crippen LogP contribution in [-0.2, 0) is 13.1 Å². The second-order valence-corrected chi connectivity index (χ2v) is 5.46. The van der Waals surface area contributed by atoms with Gasteiger partial charge in [0.25, 0.3) is 0 Å². The lowest BCUT2D eigenvalue weighted by molar-refractivity contribution is -0.274. The Morgan fingerprint density at radius 1 is 1.14 bits per heavy atom. The van der Waals surface area contributed by atoms with Gasteiger partial charge in [0.15, 0.2) is 0 Å². The van der Waals surface area contributed by atoms with E-state index in [2.05, 4.69) is 33.4 Å². The second kappa shape index (κ2) is 5.68. The van der Waals surface area contributed by atoms with Crippen molar-refractivity contribution in [3.8, 4) is 5.75 Å². The van der Waals surface area contributed by atoms with Crippen molar-refractivity contribution in [1.82, 2.24) is 9.47 Å². The Bertz CT molecular complexity index is 634. The third-order valence-corrected chi connectivity index (χ3v) is 4.01. The summed E-state index contributed by atoms with van der Waals surface area (Å²) in [6, 6.07) is 10.5. The minimum Gasteiger partial charge on any atom is -0.406 e. The van der Waals surface area contributed by atoms with Gasteiger partial charge in [-0.3, -0.25) is 4.90 Å². The molecule has 1 aliphatic heterocycles. The lowest BCUT2D eigenvalue weighted by Crippen LogP contribution is -2.35. The number of nitrogens with zero attached hydrogens (tertiary/aromatic N) is 2. The van der Waals surface area contributed by atoms with Crippen LogP contribution in [0.15, 0.2) is 42.6 Å². The molecule has 1 aliphatic rings. The number of hydrogen-bond acceptors (Lipinski definition) is 2. The van der Waals surface area contributed by atoms with Crippen LogP contribution in [0.4, 0.5) is 13.2 Å². The molecule has 3 rings (SSSR count). The van der Waals surface area contributed by atoms with Crippen LogP contribution in [0.5, 0.6) is 5.75 Å². The highest BCUT2D eigenvalue weighted by atomic mass is 19.4. The van der Waals surface area contributed by atoms with E-state index in [1.54, 1.807) is 12.1 Å². The third-order valence-electron chi connectivity index (χ3n) is 4.01. The molecule has 6 heteroatoms. The Balaban J connectivity index is 1.67. The quantitative estimate of drug-likeness (QED) is 0.853. The largest absolute Gasteiger partial charge is 0.573 e. The Labute approximate surface area is 126 Å². The third kappa shape index (κ3) is 3.27. The molecule has 0 N–H and O–H groups in total. The van der Waals surface area contributed by atoms with Crippen LogP contribution < -0.4 is 4.74 Å². The molecule has 0 aliphatic carbocycles. The maximum atomic E-state index is 12.1. The molecule has 1 unspecified atom stereocenters. The van der Waals surface area contributed by atoms with Crippen molar-refractivity contribution in [2.24, 2.45) is 0 Å². The Morgan fingerprint density at radius 3 is 2.55 bits per heavy atom. The minimum atomic E-state index is -4.64. The van der Waals surface area contributed by atoms with Crippen molar-refractivity contribution >= 4 is 0 Å². The molecule has 2 aromatic rings. The van der Waals surface area contributed by atoms with Crippen molar-refractivity contribution < 1.29 is 17.9 Å². The average molecular weight is 310 g/mol. The first-order chi connectivity index (χ1) is 10.4. The Morgan fingerprint density at radius 2 is 1.86 bits per heavy atom. The topological polar surface area (TPSA) is 17.4 Å². The van der Waals surface area contributed by atoms with Gasteiger partial charge in [-0.1, -0.05) is 12.1 Å². The monoisotopic (exact) mass is 310 g/mol. The normalized spacial score (nSPS) is 19.0. The van der Waals surface area contributed by atoms with E-state index in [-0.39, 0.29) is 11.8 Å². The zero-order valence-corrected chi connectivity index (χ0v) is 12.2. The summed E-state index contributed by atoms with van der Waals surface area (Å²) >= 11 is 0. The first-order valence-corrected chi connectivity index (χ1v) is 7.16. The van der Waals surface area contributed by atoms with Crippen LogP contribution in [0.3, 0.4) is 0 Å². The van der Waals surface area contributed by atoms with Crippen molar-refractivity contribution in [2.45, 2.75) is 32.4 Å². The molecule has 1 aromatic carbocycles. The highest BCUT2D eigenvalue weighted by molar-refractivity contribution is 5.27. The Hall–Kier alpha value is -1.95. The maximum Gasteiger partial charge on any atom is 0.573 e. The van der Waals surface area contributed by atoms with Crippen molar-refractivity contribution in [2.75, 3.05) is 6.54 Å². The minimum absolute atomic E-state index is 0.184. The molecule has 0 bridgehead atoms. The number of alkyl halides is 3. The maximum absolute atomic E-state index is 12.1. The van der Waals surface area contributed by atoms with Gasteiger partial charge in [-0.15, -0.1) is 13.2 Å². The predicted molar refractivity (Wildman–Crippen MR) is 76.4 cm³/mol. The SMILES string of the molecule is CC1c2cccn2CCN1Cc1ccc(OC(F)(F)F)cc1. The molecule has 0 spiro atoms. The molecular formula is C16H17F3N2O. The summed E-state index contributed by atoms with van der Waals surface area (Å²) in [4.78, 5) is 2.31.